The normalized spacial score (nSPS) is 13.4. The van der Waals surface area contributed by atoms with Crippen LogP contribution in [0.4, 0.5) is 26.2 Å². The Labute approximate surface area is 158 Å². The summed E-state index contributed by atoms with van der Waals surface area (Å²) in [6.45, 7) is 3.82. The molecule has 8 heteroatoms. The number of nitrogens with zero attached hydrogens (tertiary/aromatic N) is 1. The van der Waals surface area contributed by atoms with Crippen molar-refractivity contribution < 1.29 is 17.6 Å². The molecule has 3 rings (SSSR count). The molecule has 0 saturated carbocycles. The highest BCUT2D eigenvalue weighted by atomic mass is 32.2. The van der Waals surface area contributed by atoms with Crippen LogP contribution in [0.1, 0.15) is 24.5 Å². The molecule has 0 unspecified atom stereocenters. The Morgan fingerprint density at radius 3 is 2.74 bits per heavy atom. The molecule has 2 N–H and O–H groups in total. The van der Waals surface area contributed by atoms with E-state index >= 15 is 0 Å². The highest BCUT2D eigenvalue weighted by molar-refractivity contribution is 7.92. The van der Waals surface area contributed by atoms with E-state index in [9.17, 15) is 17.6 Å². The van der Waals surface area contributed by atoms with E-state index in [1.165, 1.54) is 16.4 Å². The lowest BCUT2D eigenvalue weighted by molar-refractivity contribution is 0.262. The maximum Gasteiger partial charge on any atom is 0.323 e. The molecule has 1 heterocycles. The summed E-state index contributed by atoms with van der Waals surface area (Å²) in [6.07, 6.45) is 1.19. The molecule has 0 saturated heterocycles. The number of halogens is 1. The van der Waals surface area contributed by atoms with Gasteiger partial charge < -0.3 is 10.6 Å². The minimum absolute atomic E-state index is 0.0867. The first-order valence-electron chi connectivity index (χ1n) is 8.78. The predicted octanol–water partition coefficient (Wildman–Crippen LogP) is 3.88. The van der Waals surface area contributed by atoms with Crippen LogP contribution in [-0.2, 0) is 16.4 Å². The van der Waals surface area contributed by atoms with Crippen molar-refractivity contribution in [3.8, 4) is 0 Å². The Morgan fingerprint density at radius 2 is 2.00 bits per heavy atom. The van der Waals surface area contributed by atoms with Gasteiger partial charge >= 0.3 is 6.03 Å². The van der Waals surface area contributed by atoms with E-state index < -0.39 is 21.9 Å². The van der Waals surface area contributed by atoms with Gasteiger partial charge in [0.05, 0.1) is 11.4 Å². The van der Waals surface area contributed by atoms with Gasteiger partial charge in [-0.15, -0.1) is 0 Å². The number of rotatable bonds is 5. The average Bonchev–Trinajstić information content (AvgIpc) is 3.03. The van der Waals surface area contributed by atoms with Crippen molar-refractivity contribution in [2.45, 2.75) is 26.7 Å². The van der Waals surface area contributed by atoms with Crippen LogP contribution in [0.5, 0.6) is 0 Å². The fourth-order valence-corrected chi connectivity index (χ4v) is 4.69. The zero-order valence-corrected chi connectivity index (χ0v) is 16.1. The molecular formula is C19H22FN3O3S. The molecule has 144 valence electrons. The Balaban J connectivity index is 1.77. The van der Waals surface area contributed by atoms with Crippen LogP contribution in [0, 0.1) is 12.7 Å². The predicted molar refractivity (Wildman–Crippen MR) is 105 cm³/mol. The lowest BCUT2D eigenvalue weighted by Gasteiger charge is -2.20. The summed E-state index contributed by atoms with van der Waals surface area (Å²) in [5, 5.41) is 5.28. The van der Waals surface area contributed by atoms with Gasteiger partial charge in [0.25, 0.3) is 0 Å². The summed E-state index contributed by atoms with van der Waals surface area (Å²) in [4.78, 5) is 12.2. The summed E-state index contributed by atoms with van der Waals surface area (Å²) in [5.41, 5.74) is 2.72. The van der Waals surface area contributed by atoms with Crippen LogP contribution in [0.25, 0.3) is 0 Å². The Bertz CT molecular complexity index is 976. The molecule has 0 spiro atoms. The molecule has 1 aliphatic rings. The zero-order valence-electron chi connectivity index (χ0n) is 15.3. The van der Waals surface area contributed by atoms with E-state index in [4.69, 9.17) is 0 Å². The lowest BCUT2D eigenvalue weighted by atomic mass is 10.1. The molecule has 6 nitrogen and oxygen atoms in total. The SMILES string of the molecule is CCCS(=O)(=O)N1CCc2ccc(NC(=O)Nc3cccc(F)c3C)cc21. The van der Waals surface area contributed by atoms with Gasteiger partial charge in [-0.2, -0.15) is 0 Å². The van der Waals surface area contributed by atoms with Crippen LogP contribution in [-0.4, -0.2) is 26.7 Å². The number of fused-ring (bicyclic) bond motifs is 1. The Morgan fingerprint density at radius 1 is 1.22 bits per heavy atom. The van der Waals surface area contributed by atoms with Crippen LogP contribution in [0.15, 0.2) is 36.4 Å². The third kappa shape index (κ3) is 4.05. The van der Waals surface area contributed by atoms with E-state index in [1.807, 2.05) is 13.0 Å². The number of hydrogen-bond acceptors (Lipinski definition) is 3. The molecule has 1 aliphatic heterocycles. The molecule has 0 aliphatic carbocycles. The van der Waals surface area contributed by atoms with Gasteiger partial charge in [0, 0.05) is 23.5 Å². The van der Waals surface area contributed by atoms with Gasteiger partial charge in [0.15, 0.2) is 0 Å². The molecule has 0 atom stereocenters. The Kier molecular flexibility index (Phi) is 5.36. The van der Waals surface area contributed by atoms with Crippen molar-refractivity contribution >= 4 is 33.1 Å². The second kappa shape index (κ2) is 7.56. The third-order valence-corrected chi connectivity index (χ3v) is 6.48. The molecule has 2 amide bonds. The summed E-state index contributed by atoms with van der Waals surface area (Å²) in [5.74, 6) is -0.314. The van der Waals surface area contributed by atoms with Gasteiger partial charge in [-0.25, -0.2) is 17.6 Å². The summed E-state index contributed by atoms with van der Waals surface area (Å²) in [7, 11) is -3.36. The second-order valence-electron chi connectivity index (χ2n) is 6.47. The molecule has 0 fully saturated rings. The first kappa shape index (κ1) is 19.2. The zero-order chi connectivity index (χ0) is 19.6. The molecule has 27 heavy (non-hydrogen) atoms. The van der Waals surface area contributed by atoms with E-state index in [-0.39, 0.29) is 5.75 Å². The summed E-state index contributed by atoms with van der Waals surface area (Å²) >= 11 is 0. The number of amides is 2. The van der Waals surface area contributed by atoms with Crippen molar-refractivity contribution in [2.24, 2.45) is 0 Å². The monoisotopic (exact) mass is 391 g/mol. The smallest absolute Gasteiger partial charge is 0.308 e. The first-order chi connectivity index (χ1) is 12.8. The highest BCUT2D eigenvalue weighted by Crippen LogP contribution is 2.33. The fourth-order valence-electron chi connectivity index (χ4n) is 3.11. The number of carbonyl (C=O) groups is 1. The van der Waals surface area contributed by atoms with Crippen LogP contribution in [0.2, 0.25) is 0 Å². The van der Waals surface area contributed by atoms with Gasteiger partial charge in [0.2, 0.25) is 10.0 Å². The van der Waals surface area contributed by atoms with Crippen LogP contribution >= 0.6 is 0 Å². The van der Waals surface area contributed by atoms with E-state index in [0.29, 0.717) is 42.0 Å². The quantitative estimate of drug-likeness (QED) is 0.812. The Hall–Kier alpha value is -2.61. The molecule has 0 bridgehead atoms. The lowest BCUT2D eigenvalue weighted by Crippen LogP contribution is -2.31. The van der Waals surface area contributed by atoms with Crippen molar-refractivity contribution in [2.75, 3.05) is 27.2 Å². The summed E-state index contributed by atoms with van der Waals surface area (Å²) < 4.78 is 39.9. The van der Waals surface area contributed by atoms with E-state index in [1.54, 1.807) is 25.1 Å². The van der Waals surface area contributed by atoms with Crippen molar-refractivity contribution in [3.05, 3.63) is 53.3 Å². The second-order valence-corrected chi connectivity index (χ2v) is 8.49. The van der Waals surface area contributed by atoms with Crippen molar-refractivity contribution in [3.63, 3.8) is 0 Å². The van der Waals surface area contributed by atoms with Gasteiger partial charge in [-0.05, 0) is 49.6 Å². The molecule has 2 aromatic rings. The average molecular weight is 391 g/mol. The summed E-state index contributed by atoms with van der Waals surface area (Å²) in [6, 6.07) is 9.14. The standard InChI is InChI=1S/C19H22FN3O3S/c1-3-11-27(25,26)23-10-9-14-7-8-15(12-18(14)23)21-19(24)22-17-6-4-5-16(20)13(17)2/h4-8,12H,3,9-11H2,1-2H3,(H2,21,22,24). The maximum absolute atomic E-state index is 13.6. The topological polar surface area (TPSA) is 78.5 Å². The van der Waals surface area contributed by atoms with Gasteiger partial charge in [0.1, 0.15) is 5.82 Å². The van der Waals surface area contributed by atoms with E-state index in [0.717, 1.165) is 5.56 Å². The molecule has 2 aromatic carbocycles. The van der Waals surface area contributed by atoms with Gasteiger partial charge in [-0.3, -0.25) is 4.31 Å². The minimum atomic E-state index is -3.36. The number of sulfonamides is 1. The molecule has 0 radical (unpaired) electrons. The van der Waals surface area contributed by atoms with Crippen molar-refractivity contribution in [1.82, 2.24) is 0 Å². The maximum atomic E-state index is 13.6. The van der Waals surface area contributed by atoms with Gasteiger partial charge in [-0.1, -0.05) is 19.1 Å². The number of hydrogen-bond donors (Lipinski definition) is 2. The van der Waals surface area contributed by atoms with Crippen molar-refractivity contribution in [1.29, 1.82) is 0 Å². The number of carbonyl (C=O) groups excluding carboxylic acids is 1. The van der Waals surface area contributed by atoms with Crippen LogP contribution in [0.3, 0.4) is 0 Å². The number of nitrogens with one attached hydrogen (secondary N) is 2. The highest BCUT2D eigenvalue weighted by Gasteiger charge is 2.29. The molecular weight excluding hydrogens is 369 g/mol. The number of benzene rings is 2. The first-order valence-corrected chi connectivity index (χ1v) is 10.4. The van der Waals surface area contributed by atoms with E-state index in [2.05, 4.69) is 10.6 Å². The minimum Gasteiger partial charge on any atom is -0.308 e. The largest absolute Gasteiger partial charge is 0.323 e. The number of urea groups is 1. The van der Waals surface area contributed by atoms with Crippen LogP contribution < -0.4 is 14.9 Å². The number of anilines is 3. The third-order valence-electron chi connectivity index (χ3n) is 4.51. The molecule has 0 aromatic heterocycles. The fraction of sp³-hybridized carbons (Fsp3) is 0.316.